The molecule has 94 valence electrons. The minimum Gasteiger partial charge on any atom is -0.321 e. The number of hydrogen-bond acceptors (Lipinski definition) is 2. The highest BCUT2D eigenvalue weighted by atomic mass is 16.1. The van der Waals surface area contributed by atoms with Crippen LogP contribution in [-0.4, -0.2) is 9.55 Å². The second-order valence-electron chi connectivity index (χ2n) is 5.77. The van der Waals surface area contributed by atoms with Crippen LogP contribution >= 0.6 is 0 Å². The van der Waals surface area contributed by atoms with Gasteiger partial charge in [-0.1, -0.05) is 6.07 Å². The average Bonchev–Trinajstić information content (AvgIpc) is 3.08. The van der Waals surface area contributed by atoms with Crippen LogP contribution in [-0.2, 0) is 5.54 Å². The lowest BCUT2D eigenvalue weighted by Gasteiger charge is -2.38. The second-order valence-corrected chi connectivity index (χ2v) is 5.77. The summed E-state index contributed by atoms with van der Waals surface area (Å²) in [6.45, 7) is 0. The average molecular weight is 243 g/mol. The number of nitrogens with one attached hydrogen (secondary N) is 1. The monoisotopic (exact) mass is 243 g/mol. The number of hydrogen-bond donors (Lipinski definition) is 2. The zero-order chi connectivity index (χ0) is 12.3. The highest BCUT2D eigenvalue weighted by Gasteiger charge is 2.35. The lowest BCUT2D eigenvalue weighted by Crippen LogP contribution is -2.43. The molecule has 0 bridgehead atoms. The van der Waals surface area contributed by atoms with E-state index in [1.807, 2.05) is 10.6 Å². The van der Waals surface area contributed by atoms with E-state index in [1.54, 1.807) is 0 Å². The summed E-state index contributed by atoms with van der Waals surface area (Å²) in [6, 6.07) is 6.61. The molecule has 1 aromatic heterocycles. The number of aromatic nitrogens is 2. The van der Waals surface area contributed by atoms with Crippen LogP contribution in [0, 0.1) is 0 Å². The smallest absolute Gasteiger partial charge is 0.321 e. The lowest BCUT2D eigenvalue weighted by molar-refractivity contribution is 0.254. The standard InChI is InChI=1S/C14H17N3O/c15-14(6-1-7-14)9-2-5-12-11(8-9)16-13(18)17(12)10-3-4-10/h2,5,8,10H,1,3-4,6-7,15H2,(H,16,18). The molecule has 0 unspecified atom stereocenters. The van der Waals surface area contributed by atoms with E-state index in [0.29, 0.717) is 6.04 Å². The molecule has 2 aromatic rings. The molecule has 3 N–H and O–H groups in total. The van der Waals surface area contributed by atoms with E-state index in [4.69, 9.17) is 5.73 Å². The lowest BCUT2D eigenvalue weighted by atomic mass is 9.73. The molecular weight excluding hydrogens is 226 g/mol. The molecule has 2 fully saturated rings. The predicted octanol–water partition coefficient (Wildman–Crippen LogP) is 2.00. The van der Waals surface area contributed by atoms with Crippen molar-refractivity contribution in [1.29, 1.82) is 0 Å². The van der Waals surface area contributed by atoms with Gasteiger partial charge in [0.25, 0.3) is 0 Å². The number of aromatic amines is 1. The highest BCUT2D eigenvalue weighted by Crippen LogP contribution is 2.40. The fraction of sp³-hybridized carbons (Fsp3) is 0.500. The zero-order valence-electron chi connectivity index (χ0n) is 10.3. The van der Waals surface area contributed by atoms with E-state index in [1.165, 1.54) is 6.42 Å². The summed E-state index contributed by atoms with van der Waals surface area (Å²) < 4.78 is 1.89. The first-order valence-corrected chi connectivity index (χ1v) is 6.71. The number of benzene rings is 1. The topological polar surface area (TPSA) is 63.8 Å². The van der Waals surface area contributed by atoms with Crippen molar-refractivity contribution in [2.24, 2.45) is 5.73 Å². The van der Waals surface area contributed by atoms with Gasteiger partial charge >= 0.3 is 5.69 Å². The van der Waals surface area contributed by atoms with Crippen molar-refractivity contribution in [3.05, 3.63) is 34.2 Å². The van der Waals surface area contributed by atoms with Crippen LogP contribution in [0.25, 0.3) is 11.0 Å². The molecule has 18 heavy (non-hydrogen) atoms. The van der Waals surface area contributed by atoms with E-state index < -0.39 is 0 Å². The van der Waals surface area contributed by atoms with Gasteiger partial charge in [0.1, 0.15) is 0 Å². The van der Waals surface area contributed by atoms with Crippen LogP contribution in [0.4, 0.5) is 0 Å². The number of fused-ring (bicyclic) bond motifs is 1. The van der Waals surface area contributed by atoms with Gasteiger partial charge in [-0.3, -0.25) is 4.57 Å². The maximum atomic E-state index is 11.9. The van der Waals surface area contributed by atoms with E-state index in [-0.39, 0.29) is 11.2 Å². The summed E-state index contributed by atoms with van der Waals surface area (Å²) in [5, 5.41) is 0. The fourth-order valence-electron chi connectivity index (χ4n) is 2.98. The Morgan fingerprint density at radius 3 is 2.72 bits per heavy atom. The molecule has 2 aliphatic carbocycles. The van der Waals surface area contributed by atoms with Crippen molar-refractivity contribution in [2.45, 2.75) is 43.7 Å². The van der Waals surface area contributed by atoms with Gasteiger partial charge in [0.05, 0.1) is 11.0 Å². The van der Waals surface area contributed by atoms with Crippen LogP contribution < -0.4 is 11.4 Å². The Kier molecular flexibility index (Phi) is 1.88. The van der Waals surface area contributed by atoms with Crippen molar-refractivity contribution < 1.29 is 0 Å². The zero-order valence-corrected chi connectivity index (χ0v) is 10.3. The number of nitrogens with zero attached hydrogens (tertiary/aromatic N) is 1. The van der Waals surface area contributed by atoms with Gasteiger partial charge < -0.3 is 10.7 Å². The highest BCUT2D eigenvalue weighted by molar-refractivity contribution is 5.76. The van der Waals surface area contributed by atoms with Crippen LogP contribution in [0.2, 0.25) is 0 Å². The van der Waals surface area contributed by atoms with Gasteiger partial charge in [-0.2, -0.15) is 0 Å². The number of nitrogens with two attached hydrogens (primary N) is 1. The normalized spacial score (nSPS) is 22.1. The summed E-state index contributed by atoms with van der Waals surface area (Å²) >= 11 is 0. The summed E-state index contributed by atoms with van der Waals surface area (Å²) in [5.74, 6) is 0. The Hall–Kier alpha value is -1.55. The van der Waals surface area contributed by atoms with Crippen LogP contribution in [0.5, 0.6) is 0 Å². The molecule has 4 rings (SSSR count). The van der Waals surface area contributed by atoms with Crippen molar-refractivity contribution in [3.8, 4) is 0 Å². The first-order chi connectivity index (χ1) is 8.67. The van der Waals surface area contributed by atoms with Crippen molar-refractivity contribution >= 4 is 11.0 Å². The minimum absolute atomic E-state index is 0.0179. The van der Waals surface area contributed by atoms with Gasteiger partial charge in [0.15, 0.2) is 0 Å². The maximum absolute atomic E-state index is 11.9. The molecule has 1 heterocycles. The first kappa shape index (κ1) is 10.4. The Morgan fingerprint density at radius 1 is 1.33 bits per heavy atom. The summed E-state index contributed by atoms with van der Waals surface area (Å²) in [6.07, 6.45) is 5.54. The van der Waals surface area contributed by atoms with Crippen molar-refractivity contribution in [1.82, 2.24) is 9.55 Å². The summed E-state index contributed by atoms with van der Waals surface area (Å²) in [5.41, 5.74) is 9.30. The second kappa shape index (κ2) is 3.26. The predicted molar refractivity (Wildman–Crippen MR) is 70.5 cm³/mol. The molecule has 0 spiro atoms. The molecule has 1 aromatic carbocycles. The van der Waals surface area contributed by atoms with E-state index in [0.717, 1.165) is 42.3 Å². The molecule has 0 saturated heterocycles. The Morgan fingerprint density at radius 2 is 2.11 bits per heavy atom. The quantitative estimate of drug-likeness (QED) is 0.847. The van der Waals surface area contributed by atoms with E-state index in [9.17, 15) is 4.79 Å². The van der Waals surface area contributed by atoms with Gasteiger partial charge in [0, 0.05) is 11.6 Å². The van der Waals surface area contributed by atoms with Gasteiger partial charge in [-0.05, 0) is 49.8 Å². The molecule has 2 saturated carbocycles. The maximum Gasteiger partial charge on any atom is 0.326 e. The molecule has 0 atom stereocenters. The number of rotatable bonds is 2. The molecule has 0 radical (unpaired) electrons. The molecule has 0 aliphatic heterocycles. The largest absolute Gasteiger partial charge is 0.326 e. The summed E-state index contributed by atoms with van der Waals surface area (Å²) in [7, 11) is 0. The van der Waals surface area contributed by atoms with E-state index >= 15 is 0 Å². The van der Waals surface area contributed by atoms with Crippen LogP contribution in [0.3, 0.4) is 0 Å². The minimum atomic E-state index is -0.160. The fourth-order valence-corrected chi connectivity index (χ4v) is 2.98. The Bertz CT molecular complexity index is 674. The molecule has 0 amide bonds. The Labute approximate surface area is 105 Å². The Balaban J connectivity index is 1.89. The summed E-state index contributed by atoms with van der Waals surface area (Å²) in [4.78, 5) is 14.9. The third kappa shape index (κ3) is 1.32. The molecular formula is C14H17N3O. The molecule has 4 heteroatoms. The first-order valence-electron chi connectivity index (χ1n) is 6.71. The van der Waals surface area contributed by atoms with Gasteiger partial charge in [-0.15, -0.1) is 0 Å². The SMILES string of the molecule is NC1(c2ccc3c(c2)[nH]c(=O)n3C2CC2)CCC1. The van der Waals surface area contributed by atoms with Crippen molar-refractivity contribution in [3.63, 3.8) is 0 Å². The number of H-pyrrole nitrogens is 1. The van der Waals surface area contributed by atoms with Crippen LogP contribution in [0.15, 0.2) is 23.0 Å². The third-order valence-corrected chi connectivity index (χ3v) is 4.45. The molecule has 2 aliphatic rings. The van der Waals surface area contributed by atoms with Gasteiger partial charge in [-0.25, -0.2) is 4.79 Å². The third-order valence-electron chi connectivity index (χ3n) is 4.45. The number of imidazole rings is 1. The van der Waals surface area contributed by atoms with Crippen LogP contribution in [0.1, 0.15) is 43.7 Å². The van der Waals surface area contributed by atoms with Crippen molar-refractivity contribution in [2.75, 3.05) is 0 Å². The molecule has 4 nitrogen and oxygen atoms in total. The van der Waals surface area contributed by atoms with E-state index in [2.05, 4.69) is 17.1 Å². The van der Waals surface area contributed by atoms with Gasteiger partial charge in [0.2, 0.25) is 0 Å².